The van der Waals surface area contributed by atoms with Crippen molar-refractivity contribution in [2.45, 2.75) is 13.3 Å². The topological polar surface area (TPSA) is 9.23 Å². The Morgan fingerprint density at radius 2 is 1.72 bits per heavy atom. The van der Waals surface area contributed by atoms with Crippen LogP contribution >= 0.6 is 0 Å². The van der Waals surface area contributed by atoms with Crippen LogP contribution in [0.2, 0.25) is 0 Å². The molecule has 0 aliphatic rings. The molecule has 3 rings (SSSR count). The van der Waals surface area contributed by atoms with Crippen LogP contribution in [0.5, 0.6) is 5.75 Å². The molecule has 0 saturated carbocycles. The molecule has 0 atom stereocenters. The first-order chi connectivity index (χ1) is 8.86. The van der Waals surface area contributed by atoms with Crippen molar-refractivity contribution in [3.05, 3.63) is 54.6 Å². The largest absolute Gasteiger partial charge is 0.493 e. The van der Waals surface area contributed by atoms with E-state index in [1.807, 2.05) is 6.07 Å². The van der Waals surface area contributed by atoms with Crippen LogP contribution in [0.25, 0.3) is 21.5 Å². The number of hydrogen-bond acceptors (Lipinski definition) is 1. The molecule has 0 bridgehead atoms. The van der Waals surface area contributed by atoms with E-state index in [0.29, 0.717) is 0 Å². The molecule has 0 unspecified atom stereocenters. The first kappa shape index (κ1) is 11.1. The molecule has 1 radical (unpaired) electrons. The van der Waals surface area contributed by atoms with E-state index < -0.39 is 0 Å². The van der Waals surface area contributed by atoms with Crippen molar-refractivity contribution in [2.24, 2.45) is 0 Å². The van der Waals surface area contributed by atoms with E-state index in [-0.39, 0.29) is 0 Å². The zero-order valence-electron chi connectivity index (χ0n) is 10.4. The molecule has 0 amide bonds. The van der Waals surface area contributed by atoms with Crippen LogP contribution in [-0.4, -0.2) is 6.61 Å². The normalized spacial score (nSPS) is 10.9. The maximum atomic E-state index is 5.62. The van der Waals surface area contributed by atoms with Gasteiger partial charge in [-0.2, -0.15) is 0 Å². The van der Waals surface area contributed by atoms with E-state index in [2.05, 4.69) is 55.5 Å². The SMILES string of the molecule is CCCOc1[c]c2cc3ccccc3cc2cc1. The Morgan fingerprint density at radius 1 is 0.944 bits per heavy atom. The molecule has 0 aliphatic heterocycles. The molecule has 0 aromatic heterocycles. The maximum absolute atomic E-state index is 5.62. The van der Waals surface area contributed by atoms with Crippen LogP contribution in [0, 0.1) is 6.07 Å². The van der Waals surface area contributed by atoms with Crippen LogP contribution in [0.1, 0.15) is 13.3 Å². The second kappa shape index (κ2) is 4.69. The van der Waals surface area contributed by atoms with Gasteiger partial charge >= 0.3 is 0 Å². The Kier molecular flexibility index (Phi) is 2.89. The van der Waals surface area contributed by atoms with Crippen LogP contribution in [0.3, 0.4) is 0 Å². The molecule has 89 valence electrons. The third-order valence-electron chi connectivity index (χ3n) is 3.05. The first-order valence-corrected chi connectivity index (χ1v) is 6.34. The Hall–Kier alpha value is -2.02. The number of hydrogen-bond donors (Lipinski definition) is 0. The van der Waals surface area contributed by atoms with Gasteiger partial charge in [0.25, 0.3) is 0 Å². The van der Waals surface area contributed by atoms with Crippen molar-refractivity contribution >= 4 is 21.5 Å². The quantitative estimate of drug-likeness (QED) is 0.604. The summed E-state index contributed by atoms with van der Waals surface area (Å²) >= 11 is 0. The summed E-state index contributed by atoms with van der Waals surface area (Å²) in [5, 5.41) is 4.83. The Morgan fingerprint density at radius 3 is 2.50 bits per heavy atom. The van der Waals surface area contributed by atoms with Gasteiger partial charge in [0, 0.05) is 6.07 Å². The highest BCUT2D eigenvalue weighted by atomic mass is 16.5. The lowest BCUT2D eigenvalue weighted by atomic mass is 10.0. The van der Waals surface area contributed by atoms with Crippen LogP contribution in [0.15, 0.2) is 48.5 Å². The van der Waals surface area contributed by atoms with Gasteiger partial charge in [-0.05, 0) is 46.2 Å². The number of rotatable bonds is 3. The summed E-state index contributed by atoms with van der Waals surface area (Å²) in [6.45, 7) is 2.85. The van der Waals surface area contributed by atoms with Gasteiger partial charge in [0.1, 0.15) is 5.75 Å². The second-order valence-corrected chi connectivity index (χ2v) is 4.46. The molecular formula is C17H15O. The van der Waals surface area contributed by atoms with Crippen molar-refractivity contribution in [3.8, 4) is 5.75 Å². The van der Waals surface area contributed by atoms with Gasteiger partial charge in [-0.3, -0.25) is 0 Å². The van der Waals surface area contributed by atoms with Crippen LogP contribution in [0.4, 0.5) is 0 Å². The molecule has 1 nitrogen and oxygen atoms in total. The average Bonchev–Trinajstić information content (AvgIpc) is 2.42. The molecule has 0 spiro atoms. The Labute approximate surface area is 107 Å². The third kappa shape index (κ3) is 2.04. The molecule has 1 heteroatoms. The summed E-state index contributed by atoms with van der Waals surface area (Å²) in [7, 11) is 0. The van der Waals surface area contributed by atoms with E-state index >= 15 is 0 Å². The van der Waals surface area contributed by atoms with E-state index in [0.717, 1.165) is 24.2 Å². The van der Waals surface area contributed by atoms with Crippen molar-refractivity contribution in [1.29, 1.82) is 0 Å². The molecule has 18 heavy (non-hydrogen) atoms. The van der Waals surface area contributed by atoms with E-state index in [4.69, 9.17) is 4.74 Å². The molecule has 0 N–H and O–H groups in total. The second-order valence-electron chi connectivity index (χ2n) is 4.46. The fraction of sp³-hybridized carbons (Fsp3) is 0.176. The smallest absolute Gasteiger partial charge is 0.127 e. The van der Waals surface area contributed by atoms with Crippen molar-refractivity contribution in [1.82, 2.24) is 0 Å². The zero-order valence-corrected chi connectivity index (χ0v) is 10.4. The molecule has 0 heterocycles. The van der Waals surface area contributed by atoms with Crippen molar-refractivity contribution in [2.75, 3.05) is 6.61 Å². The summed E-state index contributed by atoms with van der Waals surface area (Å²) < 4.78 is 5.62. The minimum Gasteiger partial charge on any atom is -0.493 e. The number of benzene rings is 3. The first-order valence-electron chi connectivity index (χ1n) is 6.34. The van der Waals surface area contributed by atoms with E-state index in [9.17, 15) is 0 Å². The Balaban J connectivity index is 2.12. The summed E-state index contributed by atoms with van der Waals surface area (Å²) in [5.41, 5.74) is 0. The third-order valence-corrected chi connectivity index (χ3v) is 3.05. The minimum absolute atomic E-state index is 0.746. The van der Waals surface area contributed by atoms with E-state index in [1.165, 1.54) is 16.2 Å². The molecule has 3 aromatic rings. The predicted molar refractivity (Wildman–Crippen MR) is 76.1 cm³/mol. The van der Waals surface area contributed by atoms with E-state index in [1.54, 1.807) is 0 Å². The van der Waals surface area contributed by atoms with Crippen LogP contribution < -0.4 is 4.74 Å². The van der Waals surface area contributed by atoms with Crippen molar-refractivity contribution < 1.29 is 4.74 Å². The molecule has 0 saturated heterocycles. The number of fused-ring (bicyclic) bond motifs is 2. The monoisotopic (exact) mass is 235 g/mol. The standard InChI is InChI=1S/C17H15O/c1-2-9-18-17-8-7-15-10-13-5-3-4-6-14(13)11-16(15)12-17/h3-8,10-11H,2,9H2,1H3. The fourth-order valence-electron chi connectivity index (χ4n) is 2.14. The zero-order chi connectivity index (χ0) is 12.4. The highest BCUT2D eigenvalue weighted by molar-refractivity contribution is 5.98. The lowest BCUT2D eigenvalue weighted by molar-refractivity contribution is 0.317. The molecule has 0 fully saturated rings. The van der Waals surface area contributed by atoms with Crippen LogP contribution in [-0.2, 0) is 0 Å². The molecule has 0 aliphatic carbocycles. The summed E-state index contributed by atoms with van der Waals surface area (Å²) in [6, 6.07) is 20.2. The number of ether oxygens (including phenoxy) is 1. The predicted octanol–water partition coefficient (Wildman–Crippen LogP) is 4.58. The summed E-state index contributed by atoms with van der Waals surface area (Å²) in [6.07, 6.45) is 1.02. The summed E-state index contributed by atoms with van der Waals surface area (Å²) in [4.78, 5) is 0. The van der Waals surface area contributed by atoms with Gasteiger partial charge in [0.05, 0.1) is 6.61 Å². The summed E-state index contributed by atoms with van der Waals surface area (Å²) in [5.74, 6) is 0.833. The fourth-order valence-corrected chi connectivity index (χ4v) is 2.14. The molecule has 3 aromatic carbocycles. The van der Waals surface area contributed by atoms with Gasteiger partial charge in [-0.15, -0.1) is 0 Å². The highest BCUT2D eigenvalue weighted by Gasteiger charge is 2.00. The van der Waals surface area contributed by atoms with Gasteiger partial charge < -0.3 is 4.74 Å². The lowest BCUT2D eigenvalue weighted by Crippen LogP contribution is -1.94. The lowest BCUT2D eigenvalue weighted by Gasteiger charge is -2.06. The average molecular weight is 235 g/mol. The minimum atomic E-state index is 0.746. The van der Waals surface area contributed by atoms with Gasteiger partial charge in [-0.25, -0.2) is 0 Å². The Bertz CT molecular complexity index is 685. The van der Waals surface area contributed by atoms with Crippen molar-refractivity contribution in [3.63, 3.8) is 0 Å². The van der Waals surface area contributed by atoms with Gasteiger partial charge in [0.15, 0.2) is 0 Å². The maximum Gasteiger partial charge on any atom is 0.127 e. The highest BCUT2D eigenvalue weighted by Crippen LogP contribution is 2.25. The van der Waals surface area contributed by atoms with Gasteiger partial charge in [0.2, 0.25) is 0 Å². The molecular weight excluding hydrogens is 220 g/mol. The van der Waals surface area contributed by atoms with Gasteiger partial charge in [-0.1, -0.05) is 37.3 Å².